The number of aliphatic hydroxyl groups excluding tert-OH is 1. The zero-order valence-electron chi connectivity index (χ0n) is 27.0. The van der Waals surface area contributed by atoms with E-state index in [-0.39, 0.29) is 23.5 Å². The minimum Gasteiger partial charge on any atom is -0.453 e. The monoisotopic (exact) mass is 664 g/mol. The normalized spacial score (nSPS) is 13.8. The fourth-order valence-corrected chi connectivity index (χ4v) is 7.29. The molecule has 0 bridgehead atoms. The first-order valence-corrected chi connectivity index (χ1v) is 16.6. The molecule has 0 radical (unpaired) electrons. The number of amides is 2. The van der Waals surface area contributed by atoms with Gasteiger partial charge < -0.3 is 25.9 Å². The van der Waals surface area contributed by atoms with E-state index in [1.807, 2.05) is 0 Å². The van der Waals surface area contributed by atoms with E-state index < -0.39 is 78.0 Å². The van der Waals surface area contributed by atoms with Gasteiger partial charge in [-0.05, 0) is 38.3 Å². The van der Waals surface area contributed by atoms with Gasteiger partial charge in [0.15, 0.2) is 0 Å². The van der Waals surface area contributed by atoms with Crippen LogP contribution >= 0.6 is 0 Å². The molecule has 0 aliphatic heterocycles. The highest BCUT2D eigenvalue weighted by Gasteiger charge is 2.41. The molecule has 2 atom stereocenters. The van der Waals surface area contributed by atoms with Crippen LogP contribution in [0.3, 0.4) is 0 Å². The van der Waals surface area contributed by atoms with Crippen LogP contribution in [0, 0.1) is 5.41 Å². The summed E-state index contributed by atoms with van der Waals surface area (Å²) in [6.07, 6.45) is -1.14. The van der Waals surface area contributed by atoms with Crippen molar-refractivity contribution >= 4 is 27.7 Å². The highest BCUT2D eigenvalue weighted by atomic mass is 32.2. The van der Waals surface area contributed by atoms with E-state index >= 15 is 8.78 Å². The zero-order valence-corrected chi connectivity index (χ0v) is 27.8. The van der Waals surface area contributed by atoms with Crippen molar-refractivity contribution in [3.8, 4) is 0 Å². The van der Waals surface area contributed by atoms with Crippen LogP contribution in [0.2, 0.25) is 0 Å². The number of hydrogen-bond acceptors (Lipinski definition) is 7. The van der Waals surface area contributed by atoms with Crippen molar-refractivity contribution in [2.24, 2.45) is 0 Å². The summed E-state index contributed by atoms with van der Waals surface area (Å²) in [4.78, 5) is 25.8. The van der Waals surface area contributed by atoms with Crippen LogP contribution in [0.4, 0.5) is 13.6 Å². The van der Waals surface area contributed by atoms with Crippen molar-refractivity contribution in [3.05, 3.63) is 82.8 Å². The van der Waals surface area contributed by atoms with Crippen LogP contribution in [0.15, 0.2) is 71.6 Å². The van der Waals surface area contributed by atoms with Gasteiger partial charge in [-0.2, -0.15) is 4.31 Å². The summed E-state index contributed by atoms with van der Waals surface area (Å²) >= 11 is 0. The standard InChI is InChI=1S/C33H46F2N4O6S/c1-6-28(18-17-24(4)36)46(43,44)39(23(2)3)27(22-40)21-33(34,35)19-20-37-31(41)30(38-32(42)45-5)29(25-13-9-7-10-14-25)26-15-11-8-12-16-26/h7-16,18,23,27,29-30,36,40H,6,17,19-22H2,1-5H3,(H,37,41)(H,38,42)/b28-18+,36-24?. The Morgan fingerprint density at radius 3 is 2.04 bits per heavy atom. The summed E-state index contributed by atoms with van der Waals surface area (Å²) in [5, 5.41) is 22.8. The Morgan fingerprint density at radius 2 is 1.61 bits per heavy atom. The van der Waals surface area contributed by atoms with Crippen LogP contribution in [0.5, 0.6) is 0 Å². The van der Waals surface area contributed by atoms with E-state index in [2.05, 4.69) is 10.6 Å². The van der Waals surface area contributed by atoms with Crippen LogP contribution in [-0.4, -0.2) is 79.9 Å². The first-order valence-electron chi connectivity index (χ1n) is 15.2. The molecule has 0 fully saturated rings. The third-order valence-electron chi connectivity index (χ3n) is 7.39. The van der Waals surface area contributed by atoms with E-state index in [1.54, 1.807) is 67.6 Å². The Hall–Kier alpha value is -3.68. The van der Waals surface area contributed by atoms with E-state index in [0.717, 1.165) is 11.4 Å². The molecular formula is C33H46F2N4O6S. The molecule has 2 amide bonds. The summed E-state index contributed by atoms with van der Waals surface area (Å²) in [5.74, 6) is -4.87. The average Bonchev–Trinajstić information content (AvgIpc) is 3.00. The number of nitrogens with zero attached hydrogens (tertiary/aromatic N) is 1. The maximum atomic E-state index is 15.4. The fourth-order valence-electron chi connectivity index (χ4n) is 5.27. The number of carbonyl (C=O) groups is 2. The number of nitrogens with one attached hydrogen (secondary N) is 3. The van der Waals surface area contributed by atoms with Crippen LogP contribution in [0.1, 0.15) is 70.4 Å². The number of allylic oxidation sites excluding steroid dienone is 2. The SMILES string of the molecule is CC/C(=C\CC(C)=N)S(=O)(=O)N(C(C)C)C(CO)CC(F)(F)CCNC(=O)C(NC(=O)OC)C(c1ccccc1)c1ccccc1. The molecule has 2 unspecified atom stereocenters. The number of rotatable bonds is 18. The quantitative estimate of drug-likeness (QED) is 0.161. The van der Waals surface area contributed by atoms with Crippen molar-refractivity contribution < 1.29 is 36.6 Å². The Labute approximate surface area is 270 Å². The summed E-state index contributed by atoms with van der Waals surface area (Å²) in [6.45, 7) is 4.89. The molecule has 13 heteroatoms. The van der Waals surface area contributed by atoms with Crippen molar-refractivity contribution in [1.29, 1.82) is 5.41 Å². The lowest BCUT2D eigenvalue weighted by atomic mass is 9.84. The number of methoxy groups -OCH3 is 1. The number of ether oxygens (including phenoxy) is 1. The van der Waals surface area contributed by atoms with Crippen molar-refractivity contribution in [2.45, 2.75) is 83.3 Å². The predicted octanol–water partition coefficient (Wildman–Crippen LogP) is 5.20. The Kier molecular flexibility index (Phi) is 15.0. The van der Waals surface area contributed by atoms with Gasteiger partial charge in [-0.1, -0.05) is 73.7 Å². The molecule has 0 saturated carbocycles. The molecule has 2 aromatic rings. The van der Waals surface area contributed by atoms with Crippen LogP contribution < -0.4 is 10.6 Å². The number of carbonyl (C=O) groups excluding carboxylic acids is 2. The second kappa shape index (κ2) is 17.9. The fraction of sp³-hybridized carbons (Fsp3) is 0.485. The lowest BCUT2D eigenvalue weighted by Crippen LogP contribution is -2.51. The van der Waals surface area contributed by atoms with E-state index in [1.165, 1.54) is 26.8 Å². The van der Waals surface area contributed by atoms with Gasteiger partial charge in [-0.3, -0.25) is 4.79 Å². The molecule has 2 rings (SSSR count). The van der Waals surface area contributed by atoms with Gasteiger partial charge in [0.1, 0.15) is 6.04 Å². The molecule has 0 heterocycles. The molecular weight excluding hydrogens is 618 g/mol. The van der Waals surface area contributed by atoms with Crippen molar-refractivity contribution in [1.82, 2.24) is 14.9 Å². The van der Waals surface area contributed by atoms with Gasteiger partial charge in [0.25, 0.3) is 5.92 Å². The summed E-state index contributed by atoms with van der Waals surface area (Å²) in [5.41, 5.74) is 1.65. The summed E-state index contributed by atoms with van der Waals surface area (Å²) < 4.78 is 63.5. The van der Waals surface area contributed by atoms with Gasteiger partial charge >= 0.3 is 6.09 Å². The van der Waals surface area contributed by atoms with Crippen LogP contribution in [0.25, 0.3) is 0 Å². The molecule has 10 nitrogen and oxygen atoms in total. The third-order valence-corrected chi connectivity index (χ3v) is 9.78. The highest BCUT2D eigenvalue weighted by Crippen LogP contribution is 2.32. The number of benzene rings is 2. The number of sulfonamides is 1. The summed E-state index contributed by atoms with van der Waals surface area (Å²) in [7, 11) is -3.08. The number of halogens is 2. The van der Waals surface area contributed by atoms with Crippen molar-refractivity contribution in [2.75, 3.05) is 20.3 Å². The molecule has 0 aliphatic rings. The third kappa shape index (κ3) is 11.0. The molecule has 254 valence electrons. The molecule has 0 aliphatic carbocycles. The lowest BCUT2D eigenvalue weighted by Gasteiger charge is -2.35. The van der Waals surface area contributed by atoms with Gasteiger partial charge in [0, 0.05) is 43.5 Å². The Bertz CT molecular complexity index is 1380. The Balaban J connectivity index is 2.28. The van der Waals surface area contributed by atoms with E-state index in [0.29, 0.717) is 11.1 Å². The zero-order chi connectivity index (χ0) is 34.5. The Morgan fingerprint density at radius 1 is 1.07 bits per heavy atom. The van der Waals surface area contributed by atoms with Gasteiger partial charge in [0.05, 0.1) is 24.7 Å². The first-order chi connectivity index (χ1) is 21.7. The van der Waals surface area contributed by atoms with Gasteiger partial charge in [0.2, 0.25) is 15.9 Å². The molecule has 0 spiro atoms. The molecule has 4 N–H and O–H groups in total. The second-order valence-corrected chi connectivity index (χ2v) is 13.2. The minimum absolute atomic E-state index is 0.0163. The van der Waals surface area contributed by atoms with Gasteiger partial charge in [-0.15, -0.1) is 0 Å². The van der Waals surface area contributed by atoms with Crippen molar-refractivity contribution in [3.63, 3.8) is 0 Å². The topological polar surface area (TPSA) is 149 Å². The van der Waals surface area contributed by atoms with Crippen LogP contribution in [-0.2, 0) is 19.6 Å². The smallest absolute Gasteiger partial charge is 0.407 e. The molecule has 0 aromatic heterocycles. The minimum atomic E-state index is -4.23. The average molecular weight is 665 g/mol. The van der Waals surface area contributed by atoms with E-state index in [4.69, 9.17) is 10.1 Å². The van der Waals surface area contributed by atoms with Gasteiger partial charge in [-0.25, -0.2) is 22.0 Å². The molecule has 0 saturated heterocycles. The summed E-state index contributed by atoms with van der Waals surface area (Å²) in [6, 6.07) is 14.5. The maximum Gasteiger partial charge on any atom is 0.407 e. The predicted molar refractivity (Wildman–Crippen MR) is 174 cm³/mol. The first kappa shape index (κ1) is 38.5. The number of alkyl halides is 2. The highest BCUT2D eigenvalue weighted by molar-refractivity contribution is 7.93. The molecule has 2 aromatic carbocycles. The second-order valence-electron chi connectivity index (χ2n) is 11.3. The lowest BCUT2D eigenvalue weighted by molar-refractivity contribution is -0.123. The molecule has 46 heavy (non-hydrogen) atoms. The maximum absolute atomic E-state index is 15.4. The van der Waals surface area contributed by atoms with E-state index in [9.17, 15) is 23.1 Å². The largest absolute Gasteiger partial charge is 0.453 e. The number of alkyl carbamates (subject to hydrolysis) is 1. The number of aliphatic hydroxyl groups is 1. The number of hydrogen-bond donors (Lipinski definition) is 4.